The number of hydrogen-bond acceptors (Lipinski definition) is 3. The highest BCUT2D eigenvalue weighted by atomic mass is 35.5. The maximum atomic E-state index is 13.8. The second-order valence-corrected chi connectivity index (χ2v) is 7.39. The lowest BCUT2D eigenvalue weighted by Gasteiger charge is -2.40. The lowest BCUT2D eigenvalue weighted by molar-refractivity contribution is 0.0864. The van der Waals surface area contributed by atoms with E-state index in [4.69, 9.17) is 11.6 Å². The number of nitrogens with zero attached hydrogens (tertiary/aromatic N) is 2. The SMILES string of the molecule is CN1CCN(CCCNC(=O)c2cc(Cl)ccc2F)C(c2ccccc2)C1. The van der Waals surface area contributed by atoms with E-state index in [0.717, 1.165) is 32.6 Å². The molecule has 2 aromatic carbocycles. The van der Waals surface area contributed by atoms with Crippen LogP contribution in [0.4, 0.5) is 4.39 Å². The van der Waals surface area contributed by atoms with Crippen LogP contribution in [0, 0.1) is 5.82 Å². The van der Waals surface area contributed by atoms with Crippen molar-refractivity contribution < 1.29 is 9.18 Å². The Morgan fingerprint density at radius 1 is 1.22 bits per heavy atom. The molecular weight excluding hydrogens is 365 g/mol. The van der Waals surface area contributed by atoms with E-state index in [9.17, 15) is 9.18 Å². The molecule has 0 radical (unpaired) electrons. The van der Waals surface area contributed by atoms with E-state index in [-0.39, 0.29) is 5.56 Å². The van der Waals surface area contributed by atoms with E-state index in [2.05, 4.69) is 46.4 Å². The number of carbonyl (C=O) groups is 1. The lowest BCUT2D eigenvalue weighted by Crippen LogP contribution is -2.47. The van der Waals surface area contributed by atoms with Crippen LogP contribution in [0.2, 0.25) is 5.02 Å². The monoisotopic (exact) mass is 389 g/mol. The van der Waals surface area contributed by atoms with Crippen molar-refractivity contribution in [2.45, 2.75) is 12.5 Å². The fourth-order valence-electron chi connectivity index (χ4n) is 3.47. The van der Waals surface area contributed by atoms with Gasteiger partial charge in [0.15, 0.2) is 0 Å². The average Bonchev–Trinajstić information content (AvgIpc) is 2.68. The summed E-state index contributed by atoms with van der Waals surface area (Å²) in [5, 5.41) is 3.15. The Kier molecular flexibility index (Phi) is 6.83. The molecule has 0 aromatic heterocycles. The van der Waals surface area contributed by atoms with Gasteiger partial charge in [0, 0.05) is 43.8 Å². The van der Waals surface area contributed by atoms with Gasteiger partial charge in [-0.3, -0.25) is 9.69 Å². The molecule has 1 saturated heterocycles. The van der Waals surface area contributed by atoms with Crippen molar-refractivity contribution in [1.29, 1.82) is 0 Å². The Labute approximate surface area is 164 Å². The quantitative estimate of drug-likeness (QED) is 0.767. The highest BCUT2D eigenvalue weighted by Crippen LogP contribution is 2.24. The van der Waals surface area contributed by atoms with Gasteiger partial charge in [-0.05, 0) is 37.2 Å². The van der Waals surface area contributed by atoms with E-state index < -0.39 is 11.7 Å². The third-order valence-corrected chi connectivity index (χ3v) is 5.19. The van der Waals surface area contributed by atoms with Crippen LogP contribution in [0.5, 0.6) is 0 Å². The molecule has 1 unspecified atom stereocenters. The summed E-state index contributed by atoms with van der Waals surface area (Å²) in [5.41, 5.74) is 1.30. The molecule has 1 heterocycles. The molecule has 4 nitrogen and oxygen atoms in total. The lowest BCUT2D eigenvalue weighted by atomic mass is 10.0. The first-order chi connectivity index (χ1) is 13.0. The molecule has 1 amide bonds. The molecule has 2 aromatic rings. The predicted molar refractivity (Wildman–Crippen MR) is 107 cm³/mol. The molecule has 0 aliphatic carbocycles. The zero-order valence-corrected chi connectivity index (χ0v) is 16.3. The van der Waals surface area contributed by atoms with Gasteiger partial charge in [0.05, 0.1) is 5.56 Å². The minimum atomic E-state index is -0.555. The number of likely N-dealkylation sites (N-methyl/N-ethyl adjacent to an activating group) is 1. The van der Waals surface area contributed by atoms with Crippen molar-refractivity contribution in [2.75, 3.05) is 39.8 Å². The summed E-state index contributed by atoms with van der Waals surface area (Å²) in [7, 11) is 2.15. The normalized spacial score (nSPS) is 18.4. The number of benzene rings is 2. The van der Waals surface area contributed by atoms with Crippen LogP contribution < -0.4 is 5.32 Å². The first-order valence-corrected chi connectivity index (χ1v) is 9.63. The summed E-state index contributed by atoms with van der Waals surface area (Å²) >= 11 is 5.85. The second kappa shape index (κ2) is 9.31. The summed E-state index contributed by atoms with van der Waals surface area (Å²) < 4.78 is 13.8. The van der Waals surface area contributed by atoms with Crippen molar-refractivity contribution in [1.82, 2.24) is 15.1 Å². The fourth-order valence-corrected chi connectivity index (χ4v) is 3.64. The maximum Gasteiger partial charge on any atom is 0.254 e. The smallest absolute Gasteiger partial charge is 0.254 e. The average molecular weight is 390 g/mol. The van der Waals surface area contributed by atoms with Gasteiger partial charge in [0.1, 0.15) is 5.82 Å². The van der Waals surface area contributed by atoms with Gasteiger partial charge < -0.3 is 10.2 Å². The fraction of sp³-hybridized carbons (Fsp3) is 0.381. The Morgan fingerprint density at radius 2 is 2.00 bits per heavy atom. The number of rotatable bonds is 6. The van der Waals surface area contributed by atoms with Gasteiger partial charge in [-0.25, -0.2) is 4.39 Å². The van der Waals surface area contributed by atoms with Crippen molar-refractivity contribution in [3.05, 3.63) is 70.5 Å². The molecule has 3 rings (SSSR count). The van der Waals surface area contributed by atoms with Gasteiger partial charge in [-0.15, -0.1) is 0 Å². The van der Waals surface area contributed by atoms with Crippen molar-refractivity contribution >= 4 is 17.5 Å². The minimum absolute atomic E-state index is 0.00995. The standard InChI is InChI=1S/C21H25ClFN3O/c1-25-12-13-26(20(15-25)16-6-3-2-4-7-16)11-5-10-24-21(27)18-14-17(22)8-9-19(18)23/h2-4,6-9,14,20H,5,10-13,15H2,1H3,(H,24,27). The van der Waals surface area contributed by atoms with Crippen molar-refractivity contribution in [2.24, 2.45) is 0 Å². The number of amides is 1. The number of halogens is 2. The van der Waals surface area contributed by atoms with Gasteiger partial charge in [-0.1, -0.05) is 41.9 Å². The Hall–Kier alpha value is -1.95. The van der Waals surface area contributed by atoms with Gasteiger partial charge >= 0.3 is 0 Å². The van der Waals surface area contributed by atoms with E-state index >= 15 is 0 Å². The van der Waals surface area contributed by atoms with Crippen LogP contribution in [-0.4, -0.2) is 55.5 Å². The third kappa shape index (κ3) is 5.28. The summed E-state index contributed by atoms with van der Waals surface area (Å²) in [6.07, 6.45) is 0.807. The summed E-state index contributed by atoms with van der Waals surface area (Å²) in [6, 6.07) is 14.9. The summed E-state index contributed by atoms with van der Waals surface area (Å²) in [6.45, 7) is 4.39. The molecule has 6 heteroatoms. The number of nitrogens with one attached hydrogen (secondary N) is 1. The minimum Gasteiger partial charge on any atom is -0.352 e. The maximum absolute atomic E-state index is 13.8. The molecule has 1 N–H and O–H groups in total. The van der Waals surface area contributed by atoms with E-state index in [1.54, 1.807) is 0 Å². The molecule has 1 aliphatic heterocycles. The Balaban J connectivity index is 1.53. The van der Waals surface area contributed by atoms with Crippen LogP contribution in [0.3, 0.4) is 0 Å². The highest BCUT2D eigenvalue weighted by molar-refractivity contribution is 6.31. The third-order valence-electron chi connectivity index (χ3n) is 4.96. The Bertz CT molecular complexity index is 771. The predicted octanol–water partition coefficient (Wildman–Crippen LogP) is 3.59. The highest BCUT2D eigenvalue weighted by Gasteiger charge is 2.26. The van der Waals surface area contributed by atoms with Gasteiger partial charge in [0.25, 0.3) is 5.91 Å². The first-order valence-electron chi connectivity index (χ1n) is 9.25. The molecule has 0 saturated carbocycles. The van der Waals surface area contributed by atoms with E-state index in [1.807, 2.05) is 6.07 Å². The first kappa shape index (κ1) is 19.8. The molecule has 27 heavy (non-hydrogen) atoms. The van der Waals surface area contributed by atoms with Crippen LogP contribution in [0.25, 0.3) is 0 Å². The molecule has 0 bridgehead atoms. The van der Waals surface area contributed by atoms with Crippen LogP contribution >= 0.6 is 11.6 Å². The number of carbonyl (C=O) groups excluding carboxylic acids is 1. The van der Waals surface area contributed by atoms with Crippen LogP contribution in [0.15, 0.2) is 48.5 Å². The van der Waals surface area contributed by atoms with Crippen LogP contribution in [0.1, 0.15) is 28.4 Å². The molecular formula is C21H25ClFN3O. The van der Waals surface area contributed by atoms with E-state index in [0.29, 0.717) is 17.6 Å². The summed E-state index contributed by atoms with van der Waals surface area (Å²) in [5.74, 6) is -0.979. The molecule has 1 fully saturated rings. The van der Waals surface area contributed by atoms with E-state index in [1.165, 1.54) is 23.8 Å². The largest absolute Gasteiger partial charge is 0.352 e. The van der Waals surface area contributed by atoms with Crippen molar-refractivity contribution in [3.63, 3.8) is 0 Å². The second-order valence-electron chi connectivity index (χ2n) is 6.96. The number of hydrogen-bond donors (Lipinski definition) is 1. The Morgan fingerprint density at radius 3 is 2.78 bits per heavy atom. The molecule has 1 aliphatic rings. The number of piperazine rings is 1. The van der Waals surface area contributed by atoms with Gasteiger partial charge in [-0.2, -0.15) is 0 Å². The van der Waals surface area contributed by atoms with Crippen LogP contribution in [-0.2, 0) is 0 Å². The topological polar surface area (TPSA) is 35.6 Å². The summed E-state index contributed by atoms with van der Waals surface area (Å²) in [4.78, 5) is 17.0. The van der Waals surface area contributed by atoms with Crippen molar-refractivity contribution in [3.8, 4) is 0 Å². The van der Waals surface area contributed by atoms with Gasteiger partial charge in [0.2, 0.25) is 0 Å². The zero-order valence-electron chi connectivity index (χ0n) is 15.5. The molecule has 0 spiro atoms. The molecule has 1 atom stereocenters. The molecule has 144 valence electrons. The zero-order chi connectivity index (χ0) is 19.2.